The van der Waals surface area contributed by atoms with Crippen LogP contribution in [0.1, 0.15) is 32.6 Å². The van der Waals surface area contributed by atoms with Gasteiger partial charge in [0.25, 0.3) is 0 Å². The molecule has 1 aliphatic rings. The fourth-order valence-corrected chi connectivity index (χ4v) is 1.53. The number of carboxylic acid groups (broad SMARTS) is 1. The van der Waals surface area contributed by atoms with Crippen LogP contribution in [-0.4, -0.2) is 34.5 Å². The molecular weight excluding hydrogens is 172 g/mol. The first-order valence-corrected chi connectivity index (χ1v) is 4.60. The summed E-state index contributed by atoms with van der Waals surface area (Å²) in [5, 5.41) is 18.3. The Hall–Kier alpha value is -0.610. The SMILES string of the molecule is CC(OCC1(O)CCCC1)C(=O)O. The molecule has 2 N–H and O–H groups in total. The molecule has 1 aliphatic carbocycles. The average Bonchev–Trinajstić information content (AvgIpc) is 2.48. The maximum absolute atomic E-state index is 10.4. The normalized spacial score (nSPS) is 22.9. The van der Waals surface area contributed by atoms with Gasteiger partial charge in [-0.3, -0.25) is 0 Å². The summed E-state index contributed by atoms with van der Waals surface area (Å²) in [6, 6.07) is 0. The number of hydrogen-bond acceptors (Lipinski definition) is 3. The highest BCUT2D eigenvalue weighted by Gasteiger charge is 2.32. The van der Waals surface area contributed by atoms with Crippen molar-refractivity contribution in [2.75, 3.05) is 6.61 Å². The van der Waals surface area contributed by atoms with Gasteiger partial charge in [0.2, 0.25) is 0 Å². The van der Waals surface area contributed by atoms with Gasteiger partial charge in [0.05, 0.1) is 12.2 Å². The van der Waals surface area contributed by atoms with Crippen LogP contribution in [0.2, 0.25) is 0 Å². The zero-order valence-electron chi connectivity index (χ0n) is 7.82. The fraction of sp³-hybridized carbons (Fsp3) is 0.889. The van der Waals surface area contributed by atoms with Crippen molar-refractivity contribution in [1.29, 1.82) is 0 Å². The second-order valence-electron chi connectivity index (χ2n) is 3.72. The van der Waals surface area contributed by atoms with Crippen molar-refractivity contribution in [3.8, 4) is 0 Å². The third-order valence-corrected chi connectivity index (χ3v) is 2.48. The van der Waals surface area contributed by atoms with E-state index in [1.165, 1.54) is 6.92 Å². The van der Waals surface area contributed by atoms with E-state index in [2.05, 4.69) is 0 Å². The van der Waals surface area contributed by atoms with Gasteiger partial charge in [0.1, 0.15) is 0 Å². The van der Waals surface area contributed by atoms with Crippen LogP contribution >= 0.6 is 0 Å². The monoisotopic (exact) mass is 188 g/mol. The number of carbonyl (C=O) groups is 1. The molecule has 0 heterocycles. The first kappa shape index (κ1) is 10.5. The summed E-state index contributed by atoms with van der Waals surface area (Å²) in [6.45, 7) is 1.61. The molecule has 1 unspecified atom stereocenters. The van der Waals surface area contributed by atoms with Crippen LogP contribution < -0.4 is 0 Å². The molecule has 4 nitrogen and oxygen atoms in total. The van der Waals surface area contributed by atoms with Crippen molar-refractivity contribution in [2.24, 2.45) is 0 Å². The maximum Gasteiger partial charge on any atom is 0.332 e. The Morgan fingerprint density at radius 3 is 2.54 bits per heavy atom. The van der Waals surface area contributed by atoms with Gasteiger partial charge < -0.3 is 14.9 Å². The van der Waals surface area contributed by atoms with Crippen molar-refractivity contribution >= 4 is 5.97 Å². The largest absolute Gasteiger partial charge is 0.479 e. The van der Waals surface area contributed by atoms with E-state index >= 15 is 0 Å². The summed E-state index contributed by atoms with van der Waals surface area (Å²) in [5.74, 6) is -0.985. The van der Waals surface area contributed by atoms with E-state index in [-0.39, 0.29) is 6.61 Å². The molecular formula is C9H16O4. The smallest absolute Gasteiger partial charge is 0.332 e. The Kier molecular flexibility index (Phi) is 3.27. The van der Waals surface area contributed by atoms with E-state index in [1.54, 1.807) is 0 Å². The molecule has 0 radical (unpaired) electrons. The van der Waals surface area contributed by atoms with Crippen molar-refractivity contribution < 1.29 is 19.7 Å². The van der Waals surface area contributed by atoms with Crippen molar-refractivity contribution in [1.82, 2.24) is 0 Å². The standard InChI is InChI=1S/C9H16O4/c1-7(8(10)11)13-6-9(12)4-2-3-5-9/h7,12H,2-6H2,1H3,(H,10,11). The van der Waals surface area contributed by atoms with E-state index in [4.69, 9.17) is 9.84 Å². The van der Waals surface area contributed by atoms with E-state index in [1.807, 2.05) is 0 Å². The van der Waals surface area contributed by atoms with Crippen LogP contribution in [0.15, 0.2) is 0 Å². The molecule has 0 aromatic heterocycles. The van der Waals surface area contributed by atoms with Crippen LogP contribution in [0, 0.1) is 0 Å². The van der Waals surface area contributed by atoms with Gasteiger partial charge in [-0.15, -0.1) is 0 Å². The molecule has 4 heteroatoms. The highest BCUT2D eigenvalue weighted by molar-refractivity contribution is 5.71. The second-order valence-corrected chi connectivity index (χ2v) is 3.72. The molecule has 1 fully saturated rings. The third-order valence-electron chi connectivity index (χ3n) is 2.48. The number of ether oxygens (including phenoxy) is 1. The molecule has 0 saturated heterocycles. The van der Waals surface area contributed by atoms with Crippen molar-refractivity contribution in [3.63, 3.8) is 0 Å². The summed E-state index contributed by atoms with van der Waals surface area (Å²) in [4.78, 5) is 10.4. The summed E-state index contributed by atoms with van der Waals surface area (Å²) >= 11 is 0. The summed E-state index contributed by atoms with van der Waals surface area (Å²) in [6.07, 6.45) is 2.62. The molecule has 1 rings (SSSR count). The number of rotatable bonds is 4. The molecule has 0 aliphatic heterocycles. The zero-order chi connectivity index (χ0) is 9.90. The van der Waals surface area contributed by atoms with Gasteiger partial charge >= 0.3 is 5.97 Å². The number of hydrogen-bond donors (Lipinski definition) is 2. The molecule has 76 valence electrons. The van der Waals surface area contributed by atoms with Gasteiger partial charge in [0, 0.05) is 0 Å². The van der Waals surface area contributed by atoms with Gasteiger partial charge in [-0.1, -0.05) is 12.8 Å². The molecule has 0 aromatic rings. The predicted molar refractivity (Wildman–Crippen MR) is 46.5 cm³/mol. The molecule has 0 aromatic carbocycles. The van der Waals surface area contributed by atoms with Crippen LogP contribution in [-0.2, 0) is 9.53 Å². The lowest BCUT2D eigenvalue weighted by atomic mass is 10.0. The van der Waals surface area contributed by atoms with Crippen molar-refractivity contribution in [3.05, 3.63) is 0 Å². The molecule has 0 bridgehead atoms. The average molecular weight is 188 g/mol. The van der Waals surface area contributed by atoms with E-state index in [0.717, 1.165) is 25.7 Å². The van der Waals surface area contributed by atoms with Gasteiger partial charge in [0.15, 0.2) is 6.10 Å². The Bertz CT molecular complexity index is 184. The Morgan fingerprint density at radius 1 is 1.54 bits per heavy atom. The van der Waals surface area contributed by atoms with Crippen molar-refractivity contribution in [2.45, 2.75) is 44.3 Å². The zero-order valence-corrected chi connectivity index (χ0v) is 7.82. The lowest BCUT2D eigenvalue weighted by Gasteiger charge is -2.22. The Morgan fingerprint density at radius 2 is 2.08 bits per heavy atom. The first-order valence-electron chi connectivity index (χ1n) is 4.60. The number of carboxylic acids is 1. The van der Waals surface area contributed by atoms with Crippen LogP contribution in [0.4, 0.5) is 0 Å². The minimum absolute atomic E-state index is 0.139. The fourth-order valence-electron chi connectivity index (χ4n) is 1.53. The minimum atomic E-state index is -0.985. The lowest BCUT2D eigenvalue weighted by Crippen LogP contribution is -2.34. The van der Waals surface area contributed by atoms with Crippen LogP contribution in [0.5, 0.6) is 0 Å². The minimum Gasteiger partial charge on any atom is -0.479 e. The van der Waals surface area contributed by atoms with Gasteiger partial charge in [-0.2, -0.15) is 0 Å². The Balaban J connectivity index is 2.28. The number of aliphatic carboxylic acids is 1. The summed E-state index contributed by atoms with van der Waals surface area (Å²) in [5.41, 5.74) is -0.774. The second kappa shape index (κ2) is 4.07. The Labute approximate surface area is 77.5 Å². The quantitative estimate of drug-likeness (QED) is 0.684. The first-order chi connectivity index (χ1) is 6.03. The maximum atomic E-state index is 10.4. The highest BCUT2D eigenvalue weighted by atomic mass is 16.5. The number of aliphatic hydroxyl groups is 1. The highest BCUT2D eigenvalue weighted by Crippen LogP contribution is 2.29. The molecule has 1 saturated carbocycles. The van der Waals surface area contributed by atoms with Gasteiger partial charge in [-0.05, 0) is 19.8 Å². The van der Waals surface area contributed by atoms with Crippen LogP contribution in [0.25, 0.3) is 0 Å². The van der Waals surface area contributed by atoms with E-state index < -0.39 is 17.7 Å². The van der Waals surface area contributed by atoms with E-state index in [9.17, 15) is 9.90 Å². The van der Waals surface area contributed by atoms with Crippen LogP contribution in [0.3, 0.4) is 0 Å². The summed E-state index contributed by atoms with van der Waals surface area (Å²) < 4.78 is 5.04. The van der Waals surface area contributed by atoms with Gasteiger partial charge in [-0.25, -0.2) is 4.79 Å². The summed E-state index contributed by atoms with van der Waals surface area (Å²) in [7, 11) is 0. The third kappa shape index (κ3) is 2.97. The molecule has 0 amide bonds. The lowest BCUT2D eigenvalue weighted by molar-refractivity contribution is -0.153. The predicted octanol–water partition coefficient (Wildman–Crippen LogP) is 0.781. The van der Waals surface area contributed by atoms with E-state index in [0.29, 0.717) is 0 Å². The molecule has 1 atom stereocenters. The topological polar surface area (TPSA) is 66.8 Å². The molecule has 0 spiro atoms. The molecule has 13 heavy (non-hydrogen) atoms.